The van der Waals surface area contributed by atoms with Gasteiger partial charge in [0.1, 0.15) is 54.4 Å². The summed E-state index contributed by atoms with van der Waals surface area (Å²) >= 11 is 0. The fraction of sp³-hybridized carbons (Fsp3) is 0.592. The van der Waals surface area contributed by atoms with E-state index in [2.05, 4.69) is 5.32 Å². The quantitative estimate of drug-likeness (QED) is 0.111. The molecule has 4 fully saturated rings. The number of hydrogen-bond acceptors (Lipinski definition) is 15. The Labute approximate surface area is 384 Å². The number of fused-ring (bicyclic) bond motifs is 1. The van der Waals surface area contributed by atoms with E-state index in [9.17, 15) is 44.7 Å². The number of aliphatic hydroxyl groups is 5. The van der Waals surface area contributed by atoms with Gasteiger partial charge in [-0.15, -0.1) is 0 Å². The van der Waals surface area contributed by atoms with Gasteiger partial charge in [0, 0.05) is 43.7 Å². The van der Waals surface area contributed by atoms with Crippen molar-refractivity contribution >= 4 is 29.8 Å². The van der Waals surface area contributed by atoms with Crippen molar-refractivity contribution in [1.29, 1.82) is 0 Å². The highest BCUT2D eigenvalue weighted by Crippen LogP contribution is 2.59. The van der Waals surface area contributed by atoms with Crippen LogP contribution in [0.3, 0.4) is 0 Å². The van der Waals surface area contributed by atoms with E-state index in [1.165, 1.54) is 11.9 Å². The lowest BCUT2D eigenvalue weighted by Crippen LogP contribution is -2.59. The number of nitrogens with zero attached hydrogens (tertiary/aromatic N) is 1. The molecular weight excluding hydrogens is 857 g/mol. The van der Waals surface area contributed by atoms with Crippen LogP contribution in [0.4, 0.5) is 0 Å². The lowest BCUT2D eigenvalue weighted by atomic mass is 9.90. The predicted octanol–water partition coefficient (Wildman–Crippen LogP) is 2.34. The molecule has 17 heteroatoms. The molecule has 17 nitrogen and oxygen atoms in total. The Kier molecular flexibility index (Phi) is 15.8. The Balaban J connectivity index is 1.06. The van der Waals surface area contributed by atoms with Gasteiger partial charge in [-0.3, -0.25) is 14.4 Å². The summed E-state index contributed by atoms with van der Waals surface area (Å²) in [7, 11) is 1.54. The second-order valence-electron chi connectivity index (χ2n) is 19.0. The molecule has 66 heavy (non-hydrogen) atoms. The number of hydrogen-bond donors (Lipinski definition) is 6. The van der Waals surface area contributed by atoms with Crippen LogP contribution in [-0.4, -0.2) is 154 Å². The van der Waals surface area contributed by atoms with Gasteiger partial charge >= 0.3 is 11.9 Å². The number of ether oxygens (including phenoxy) is 6. The molecule has 2 heterocycles. The molecule has 7 rings (SSSR count). The summed E-state index contributed by atoms with van der Waals surface area (Å²) in [6.45, 7) is 4.17. The molecule has 2 aliphatic heterocycles. The third kappa shape index (κ3) is 11.9. The molecule has 2 aromatic carbocycles. The van der Waals surface area contributed by atoms with Crippen molar-refractivity contribution in [3.05, 3.63) is 89.0 Å². The Hall–Kier alpha value is -4.56. The van der Waals surface area contributed by atoms with Gasteiger partial charge in [0.2, 0.25) is 11.8 Å². The fourth-order valence-electron chi connectivity index (χ4n) is 8.88. The zero-order chi connectivity index (χ0) is 47.3. The lowest BCUT2D eigenvalue weighted by Gasteiger charge is -2.39. The van der Waals surface area contributed by atoms with Crippen molar-refractivity contribution in [3.8, 4) is 0 Å². The van der Waals surface area contributed by atoms with Gasteiger partial charge in [-0.2, -0.15) is 0 Å². The number of aliphatic hydroxyl groups excluding tert-OH is 5. The molecule has 2 aromatic rings. The van der Waals surface area contributed by atoms with Crippen LogP contribution in [0.2, 0.25) is 0 Å². The SMILES string of the molecule is CN(C(=O)C1=CC2OC(C3CC3)(C3CC3)OC2C(OC(=O)c2cccc(C=CCOC3OC(CO)C(O)C(O)C3O)c2)C1)C(Cc1ccccc1)C(=O)NC(CO)CCC(=O)OC(C)(C)C. The average molecular weight is 921 g/mol. The topological polar surface area (TPSA) is 240 Å². The summed E-state index contributed by atoms with van der Waals surface area (Å²) in [5, 5.41) is 52.9. The normalized spacial score (nSPS) is 28.2. The molecule has 10 atom stereocenters. The van der Waals surface area contributed by atoms with Crippen molar-refractivity contribution in [1.82, 2.24) is 10.2 Å². The molecule has 0 spiro atoms. The summed E-state index contributed by atoms with van der Waals surface area (Å²) < 4.78 is 36.2. The van der Waals surface area contributed by atoms with E-state index in [1.807, 2.05) is 30.3 Å². The van der Waals surface area contributed by atoms with E-state index in [0.717, 1.165) is 31.2 Å². The summed E-state index contributed by atoms with van der Waals surface area (Å²) in [6.07, 6.45) is -0.384. The summed E-state index contributed by atoms with van der Waals surface area (Å²) in [4.78, 5) is 56.7. The second kappa shape index (κ2) is 21.2. The molecule has 3 aliphatic carbocycles. The number of carbonyl (C=O) groups excluding carboxylic acids is 4. The van der Waals surface area contributed by atoms with Crippen LogP contribution < -0.4 is 5.32 Å². The number of esters is 2. The highest BCUT2D eigenvalue weighted by molar-refractivity contribution is 5.97. The van der Waals surface area contributed by atoms with E-state index in [0.29, 0.717) is 5.56 Å². The molecule has 5 aliphatic rings. The molecule has 360 valence electrons. The minimum absolute atomic E-state index is 0.0193. The monoisotopic (exact) mass is 920 g/mol. The molecule has 0 bridgehead atoms. The van der Waals surface area contributed by atoms with Crippen LogP contribution >= 0.6 is 0 Å². The Morgan fingerprint density at radius 3 is 2.30 bits per heavy atom. The van der Waals surface area contributed by atoms with Crippen molar-refractivity contribution in [2.45, 2.75) is 145 Å². The van der Waals surface area contributed by atoms with Gasteiger partial charge in [-0.25, -0.2) is 4.79 Å². The molecule has 0 radical (unpaired) electrons. The van der Waals surface area contributed by atoms with Crippen molar-refractivity contribution in [2.24, 2.45) is 11.8 Å². The Bertz CT molecular complexity index is 2070. The molecule has 10 unspecified atom stereocenters. The van der Waals surface area contributed by atoms with Crippen molar-refractivity contribution in [3.63, 3.8) is 0 Å². The number of rotatable bonds is 19. The summed E-state index contributed by atoms with van der Waals surface area (Å²) in [5.74, 6) is -2.60. The fourth-order valence-corrected chi connectivity index (χ4v) is 8.88. The second-order valence-corrected chi connectivity index (χ2v) is 19.0. The number of likely N-dealkylation sites (N-methyl/N-ethyl adjacent to an activating group) is 1. The van der Waals surface area contributed by atoms with Crippen LogP contribution in [0.15, 0.2) is 72.3 Å². The molecule has 2 saturated heterocycles. The van der Waals surface area contributed by atoms with Crippen LogP contribution in [0.5, 0.6) is 0 Å². The standard InChI is InChI=1S/C49H64N2O15/c1-48(2,3)65-39(54)20-19-34(26-52)50-44(58)35(23-29-10-6-5-7-11-29)51(4)45(59)31-24-36(43-37(25-31)64-49(66-43,32-15-16-32)33-17-18-33)62-46(60)30-14-8-12-28(22-30)13-9-21-61-47-42(57)41(56)40(55)38(27-53)63-47/h5-14,22,25,32-38,40-43,47,52-53,55-57H,15-21,23-24,26-27H2,1-4H3,(H,50,58). The highest BCUT2D eigenvalue weighted by Gasteiger charge is 2.64. The molecule has 2 amide bonds. The highest BCUT2D eigenvalue weighted by atomic mass is 16.8. The maximum Gasteiger partial charge on any atom is 0.338 e. The number of nitrogens with one attached hydrogen (secondary N) is 1. The molecule has 2 saturated carbocycles. The van der Waals surface area contributed by atoms with Crippen molar-refractivity contribution < 1.29 is 73.1 Å². The van der Waals surface area contributed by atoms with E-state index in [4.69, 9.17) is 28.4 Å². The third-order valence-corrected chi connectivity index (χ3v) is 12.6. The van der Waals surface area contributed by atoms with E-state index >= 15 is 0 Å². The van der Waals surface area contributed by atoms with Gasteiger partial charge in [0.15, 0.2) is 12.1 Å². The maximum absolute atomic E-state index is 14.7. The first kappa shape index (κ1) is 49.3. The van der Waals surface area contributed by atoms with Crippen molar-refractivity contribution in [2.75, 3.05) is 26.9 Å². The van der Waals surface area contributed by atoms with E-state index in [1.54, 1.807) is 63.3 Å². The summed E-state index contributed by atoms with van der Waals surface area (Å²) in [5.41, 5.74) is 1.22. The molecular formula is C49H64N2O15. The first-order chi connectivity index (χ1) is 31.5. The minimum Gasteiger partial charge on any atom is -0.460 e. The predicted molar refractivity (Wildman–Crippen MR) is 236 cm³/mol. The Morgan fingerprint density at radius 1 is 0.939 bits per heavy atom. The van der Waals surface area contributed by atoms with Gasteiger partial charge < -0.3 is 64.2 Å². The first-order valence-corrected chi connectivity index (χ1v) is 22.9. The minimum atomic E-state index is -1.57. The van der Waals surface area contributed by atoms with Gasteiger partial charge in [-0.1, -0.05) is 54.6 Å². The van der Waals surface area contributed by atoms with E-state index < -0.39 is 109 Å². The largest absolute Gasteiger partial charge is 0.460 e. The van der Waals surface area contributed by atoms with Crippen LogP contribution in [0.1, 0.15) is 87.2 Å². The van der Waals surface area contributed by atoms with Gasteiger partial charge in [0.25, 0.3) is 0 Å². The number of amides is 2. The molecule has 6 N–H and O–H groups in total. The smallest absolute Gasteiger partial charge is 0.338 e. The van der Waals surface area contributed by atoms with Crippen LogP contribution in [0, 0.1) is 11.8 Å². The zero-order valence-electron chi connectivity index (χ0n) is 37.9. The Morgan fingerprint density at radius 2 is 1.65 bits per heavy atom. The number of benzene rings is 2. The van der Waals surface area contributed by atoms with Crippen LogP contribution in [0.25, 0.3) is 6.08 Å². The summed E-state index contributed by atoms with van der Waals surface area (Å²) in [6, 6.07) is 14.1. The molecule has 0 aromatic heterocycles. The first-order valence-electron chi connectivity index (χ1n) is 22.9. The zero-order valence-corrected chi connectivity index (χ0v) is 37.9. The van der Waals surface area contributed by atoms with Gasteiger partial charge in [0.05, 0.1) is 31.4 Å². The maximum atomic E-state index is 14.7. The van der Waals surface area contributed by atoms with E-state index in [-0.39, 0.29) is 55.3 Å². The lowest BCUT2D eigenvalue weighted by molar-refractivity contribution is -0.298. The average Bonchev–Trinajstić information content (AvgIpc) is 4.25. The van der Waals surface area contributed by atoms with Gasteiger partial charge in [-0.05, 0) is 82.2 Å². The third-order valence-electron chi connectivity index (χ3n) is 12.6. The van der Waals surface area contributed by atoms with Crippen LogP contribution in [-0.2, 0) is 49.2 Å². The number of carbonyl (C=O) groups is 4.